The first-order valence-corrected chi connectivity index (χ1v) is 9.66. The molecule has 1 aliphatic heterocycles. The topological polar surface area (TPSA) is 41.5 Å². The summed E-state index contributed by atoms with van der Waals surface area (Å²) in [5.41, 5.74) is 5.01. The molecule has 28 heavy (non-hydrogen) atoms. The Bertz CT molecular complexity index is 869. The lowest BCUT2D eigenvalue weighted by Gasteiger charge is -2.38. The maximum Gasteiger partial charge on any atom is 0.147 e. The zero-order chi connectivity index (χ0) is 19.9. The van der Waals surface area contributed by atoms with E-state index in [-0.39, 0.29) is 6.04 Å². The molecule has 0 saturated carbocycles. The van der Waals surface area contributed by atoms with Gasteiger partial charge in [-0.15, -0.1) is 5.73 Å². The predicted octanol–water partition coefficient (Wildman–Crippen LogP) is 4.04. The number of hydrogen-bond acceptors (Lipinski definition) is 5. The fourth-order valence-corrected chi connectivity index (χ4v) is 3.54. The van der Waals surface area contributed by atoms with Gasteiger partial charge in [-0.25, -0.2) is 4.98 Å². The van der Waals surface area contributed by atoms with Crippen LogP contribution in [-0.4, -0.2) is 54.2 Å². The standard InChI is InChI=1S/C22H25ClN4O/c1-4-18(15-21(28-3)19-6-5-7-20(23)14-19)17(2)26-10-12-27(13-11-26)22-16-24-8-9-25-22/h5-9,14-17H,1,10-13H2,2-3H3/b21-15-. The van der Waals surface area contributed by atoms with Crippen LogP contribution in [0.25, 0.3) is 5.76 Å². The molecule has 2 aromatic rings. The zero-order valence-corrected chi connectivity index (χ0v) is 17.1. The van der Waals surface area contributed by atoms with Gasteiger partial charge >= 0.3 is 0 Å². The monoisotopic (exact) mass is 396 g/mol. The Hall–Kier alpha value is -2.59. The quantitative estimate of drug-likeness (QED) is 0.418. The minimum atomic E-state index is 0.172. The highest BCUT2D eigenvalue weighted by Crippen LogP contribution is 2.23. The van der Waals surface area contributed by atoms with Crippen LogP contribution in [0.5, 0.6) is 0 Å². The first kappa shape index (κ1) is 20.2. The summed E-state index contributed by atoms with van der Waals surface area (Å²) < 4.78 is 5.61. The van der Waals surface area contributed by atoms with Crippen molar-refractivity contribution in [2.75, 3.05) is 38.2 Å². The Morgan fingerprint density at radius 1 is 1.29 bits per heavy atom. The van der Waals surface area contributed by atoms with Gasteiger partial charge in [-0.3, -0.25) is 9.88 Å². The molecule has 1 unspecified atom stereocenters. The summed E-state index contributed by atoms with van der Waals surface area (Å²) in [6.07, 6.45) is 7.24. The van der Waals surface area contributed by atoms with Crippen molar-refractivity contribution in [3.05, 3.63) is 77.4 Å². The summed E-state index contributed by atoms with van der Waals surface area (Å²) in [7, 11) is 1.66. The molecule has 6 heteroatoms. The van der Waals surface area contributed by atoms with Gasteiger partial charge in [-0.2, -0.15) is 0 Å². The largest absolute Gasteiger partial charge is 0.496 e. The van der Waals surface area contributed by atoms with E-state index in [1.54, 1.807) is 19.5 Å². The van der Waals surface area contributed by atoms with E-state index in [9.17, 15) is 0 Å². The summed E-state index contributed by atoms with van der Waals surface area (Å²) in [6, 6.07) is 7.80. The zero-order valence-electron chi connectivity index (χ0n) is 16.3. The SMILES string of the molecule is C=C=C(/C=C(\OC)c1cccc(Cl)c1)C(C)N1CCN(c2cnccn2)CC1. The minimum Gasteiger partial charge on any atom is -0.496 e. The second-order valence-corrected chi connectivity index (χ2v) is 7.05. The van der Waals surface area contributed by atoms with Crippen molar-refractivity contribution in [2.24, 2.45) is 0 Å². The van der Waals surface area contributed by atoms with Crippen molar-refractivity contribution < 1.29 is 4.74 Å². The number of benzene rings is 1. The smallest absolute Gasteiger partial charge is 0.147 e. The summed E-state index contributed by atoms with van der Waals surface area (Å²) in [6.45, 7) is 9.73. The van der Waals surface area contributed by atoms with Gasteiger partial charge in [0.2, 0.25) is 0 Å². The van der Waals surface area contributed by atoms with E-state index in [2.05, 4.69) is 39.0 Å². The molecule has 0 radical (unpaired) electrons. The molecule has 1 aromatic carbocycles. The van der Waals surface area contributed by atoms with Crippen molar-refractivity contribution in [1.29, 1.82) is 0 Å². The van der Waals surface area contributed by atoms with Gasteiger partial charge in [0.15, 0.2) is 0 Å². The van der Waals surface area contributed by atoms with Gasteiger partial charge in [0.25, 0.3) is 0 Å². The first-order chi connectivity index (χ1) is 13.6. The van der Waals surface area contributed by atoms with Crippen LogP contribution in [0.15, 0.2) is 66.8 Å². The molecule has 0 amide bonds. The Morgan fingerprint density at radius 3 is 2.68 bits per heavy atom. The summed E-state index contributed by atoms with van der Waals surface area (Å²) in [5, 5.41) is 0.678. The Balaban J connectivity index is 1.70. The molecule has 0 bridgehead atoms. The Morgan fingerprint density at radius 2 is 2.07 bits per heavy atom. The minimum absolute atomic E-state index is 0.172. The lowest BCUT2D eigenvalue weighted by molar-refractivity contribution is 0.221. The number of rotatable bonds is 6. The summed E-state index contributed by atoms with van der Waals surface area (Å²) in [5.74, 6) is 1.68. The normalized spacial score (nSPS) is 16.4. The number of anilines is 1. The molecule has 1 aliphatic rings. The van der Waals surface area contributed by atoms with E-state index in [0.717, 1.165) is 48.9 Å². The molecule has 5 nitrogen and oxygen atoms in total. The van der Waals surface area contributed by atoms with E-state index in [0.29, 0.717) is 5.02 Å². The van der Waals surface area contributed by atoms with E-state index in [4.69, 9.17) is 16.3 Å². The van der Waals surface area contributed by atoms with Gasteiger partial charge in [0, 0.05) is 60.8 Å². The molecule has 1 atom stereocenters. The highest BCUT2D eigenvalue weighted by molar-refractivity contribution is 6.30. The highest BCUT2D eigenvalue weighted by Gasteiger charge is 2.23. The Kier molecular flexibility index (Phi) is 6.88. The number of aromatic nitrogens is 2. The van der Waals surface area contributed by atoms with Crippen molar-refractivity contribution in [2.45, 2.75) is 13.0 Å². The fourth-order valence-electron chi connectivity index (χ4n) is 3.35. The van der Waals surface area contributed by atoms with E-state index >= 15 is 0 Å². The summed E-state index contributed by atoms with van der Waals surface area (Å²) >= 11 is 6.12. The number of ether oxygens (including phenoxy) is 1. The van der Waals surface area contributed by atoms with Crippen molar-refractivity contribution in [3.63, 3.8) is 0 Å². The van der Waals surface area contributed by atoms with Crippen LogP contribution in [0.3, 0.4) is 0 Å². The average Bonchev–Trinajstić information content (AvgIpc) is 2.75. The van der Waals surface area contributed by atoms with Crippen molar-refractivity contribution >= 4 is 23.2 Å². The maximum atomic E-state index is 6.12. The third-order valence-corrected chi connectivity index (χ3v) is 5.24. The van der Waals surface area contributed by atoms with Crippen molar-refractivity contribution in [3.8, 4) is 0 Å². The van der Waals surface area contributed by atoms with Crippen LogP contribution >= 0.6 is 11.6 Å². The van der Waals surface area contributed by atoms with Crippen LogP contribution in [0.2, 0.25) is 5.02 Å². The first-order valence-electron chi connectivity index (χ1n) is 9.29. The van der Waals surface area contributed by atoms with Gasteiger partial charge in [-0.1, -0.05) is 30.3 Å². The lowest BCUT2D eigenvalue weighted by Crippen LogP contribution is -2.50. The van der Waals surface area contributed by atoms with Crippen LogP contribution in [0.1, 0.15) is 12.5 Å². The van der Waals surface area contributed by atoms with Crippen LogP contribution in [0.4, 0.5) is 5.82 Å². The predicted molar refractivity (Wildman–Crippen MR) is 114 cm³/mol. The molecule has 0 aliphatic carbocycles. The van der Waals surface area contributed by atoms with Gasteiger partial charge in [0.1, 0.15) is 11.6 Å². The number of nitrogens with zero attached hydrogens (tertiary/aromatic N) is 4. The van der Waals surface area contributed by atoms with Gasteiger partial charge in [-0.05, 0) is 25.1 Å². The maximum absolute atomic E-state index is 6.12. The average molecular weight is 397 g/mol. The Labute approximate surface area is 171 Å². The number of halogens is 1. The molecule has 1 saturated heterocycles. The molecule has 0 spiro atoms. The molecular weight excluding hydrogens is 372 g/mol. The molecule has 146 valence electrons. The van der Waals surface area contributed by atoms with Gasteiger partial charge in [0.05, 0.1) is 13.3 Å². The van der Waals surface area contributed by atoms with Crippen molar-refractivity contribution in [1.82, 2.24) is 14.9 Å². The second kappa shape index (κ2) is 9.56. The van der Waals surface area contributed by atoms with Crippen LogP contribution < -0.4 is 4.90 Å². The van der Waals surface area contributed by atoms with Gasteiger partial charge < -0.3 is 9.64 Å². The molecular formula is C22H25ClN4O. The van der Waals surface area contributed by atoms with Crippen LogP contribution in [0, 0.1) is 0 Å². The highest BCUT2D eigenvalue weighted by atomic mass is 35.5. The third-order valence-electron chi connectivity index (χ3n) is 5.01. The molecule has 0 N–H and O–H groups in total. The molecule has 1 fully saturated rings. The molecule has 2 heterocycles. The van der Waals surface area contributed by atoms with Crippen LogP contribution in [-0.2, 0) is 4.74 Å². The third kappa shape index (κ3) is 4.82. The lowest BCUT2D eigenvalue weighted by atomic mass is 10.0. The summed E-state index contributed by atoms with van der Waals surface area (Å²) in [4.78, 5) is 13.2. The molecule has 3 rings (SSSR count). The van der Waals surface area contributed by atoms with E-state index in [1.807, 2.05) is 36.5 Å². The number of hydrogen-bond donors (Lipinski definition) is 0. The second-order valence-electron chi connectivity index (χ2n) is 6.62. The molecule has 1 aromatic heterocycles. The van der Waals surface area contributed by atoms with E-state index in [1.165, 1.54) is 0 Å². The number of methoxy groups -OCH3 is 1. The number of piperazine rings is 1. The fraction of sp³-hybridized carbons (Fsp3) is 0.318. The van der Waals surface area contributed by atoms with E-state index < -0.39 is 0 Å².